The number of methoxy groups -OCH3 is 2. The molecule has 5 aromatic rings. The van der Waals surface area contributed by atoms with Gasteiger partial charge in [-0.3, -0.25) is 9.71 Å². The molecular weight excluding hydrogens is 476 g/mol. The standard InChI is InChI=1S/C27H22N4O4S/c1-34-24-6-4-3-5-21(24)18-7-9-23(25(16-18)35-2)27-22-10-8-20(15-19(22)11-14-29-27)36(32,33)31-26-12-13-28-17-30-26/h3-17H,1-2H3,(H,28,30,31). The fourth-order valence-corrected chi connectivity index (χ4v) is 5.07. The van der Waals surface area contributed by atoms with Crippen molar-refractivity contribution in [3.63, 3.8) is 0 Å². The summed E-state index contributed by atoms with van der Waals surface area (Å²) in [6.07, 6.45) is 4.40. The number of nitrogens with one attached hydrogen (secondary N) is 1. The Bertz CT molecular complexity index is 1660. The normalized spacial score (nSPS) is 11.3. The number of ether oxygens (including phenoxy) is 2. The van der Waals surface area contributed by atoms with Gasteiger partial charge in [-0.25, -0.2) is 18.4 Å². The van der Waals surface area contributed by atoms with Crippen LogP contribution in [0, 0.1) is 0 Å². The first kappa shape index (κ1) is 23.3. The van der Waals surface area contributed by atoms with Gasteiger partial charge in [0, 0.05) is 28.9 Å². The van der Waals surface area contributed by atoms with Gasteiger partial charge in [0.25, 0.3) is 10.0 Å². The third-order valence-corrected chi connectivity index (χ3v) is 7.09. The van der Waals surface area contributed by atoms with Crippen LogP contribution in [0.5, 0.6) is 11.5 Å². The predicted octanol–water partition coefficient (Wildman–Crippen LogP) is 5.18. The highest BCUT2D eigenvalue weighted by atomic mass is 32.2. The molecule has 5 rings (SSSR count). The van der Waals surface area contributed by atoms with Crippen LogP contribution in [0.2, 0.25) is 0 Å². The highest BCUT2D eigenvalue weighted by Gasteiger charge is 2.18. The van der Waals surface area contributed by atoms with E-state index in [1.807, 2.05) is 42.5 Å². The maximum atomic E-state index is 12.9. The van der Waals surface area contributed by atoms with Crippen molar-refractivity contribution in [2.24, 2.45) is 0 Å². The molecule has 1 N–H and O–H groups in total. The molecule has 2 aromatic heterocycles. The number of aromatic nitrogens is 3. The van der Waals surface area contributed by atoms with Gasteiger partial charge in [0.1, 0.15) is 23.6 Å². The van der Waals surface area contributed by atoms with E-state index in [4.69, 9.17) is 9.47 Å². The van der Waals surface area contributed by atoms with Gasteiger partial charge in [-0.2, -0.15) is 0 Å². The average Bonchev–Trinajstić information content (AvgIpc) is 2.92. The Kier molecular flexibility index (Phi) is 6.22. The van der Waals surface area contributed by atoms with E-state index in [9.17, 15) is 8.42 Å². The smallest absolute Gasteiger partial charge is 0.263 e. The number of hydrogen-bond donors (Lipinski definition) is 1. The molecular formula is C27H22N4O4S. The number of sulfonamides is 1. The van der Waals surface area contributed by atoms with Gasteiger partial charge in [-0.05, 0) is 53.4 Å². The Hall–Kier alpha value is -4.50. The molecule has 0 amide bonds. The van der Waals surface area contributed by atoms with Crippen molar-refractivity contribution < 1.29 is 17.9 Å². The first-order valence-corrected chi connectivity index (χ1v) is 12.5. The number of pyridine rings is 1. The Labute approximate surface area is 208 Å². The zero-order chi connectivity index (χ0) is 25.1. The summed E-state index contributed by atoms with van der Waals surface area (Å²) in [5, 5.41) is 1.52. The highest BCUT2D eigenvalue weighted by molar-refractivity contribution is 7.92. The Morgan fingerprint density at radius 3 is 2.39 bits per heavy atom. The van der Waals surface area contributed by atoms with Gasteiger partial charge in [0.2, 0.25) is 0 Å². The Morgan fingerprint density at radius 1 is 0.778 bits per heavy atom. The lowest BCUT2D eigenvalue weighted by atomic mass is 9.98. The van der Waals surface area contributed by atoms with Gasteiger partial charge >= 0.3 is 0 Å². The minimum absolute atomic E-state index is 0.115. The van der Waals surface area contributed by atoms with Crippen LogP contribution >= 0.6 is 0 Å². The summed E-state index contributed by atoms with van der Waals surface area (Å²) in [5.74, 6) is 1.60. The summed E-state index contributed by atoms with van der Waals surface area (Å²) in [5.41, 5.74) is 3.36. The zero-order valence-electron chi connectivity index (χ0n) is 19.5. The summed E-state index contributed by atoms with van der Waals surface area (Å²) >= 11 is 0. The van der Waals surface area contributed by atoms with Crippen LogP contribution in [0.25, 0.3) is 33.2 Å². The van der Waals surface area contributed by atoms with Crippen LogP contribution in [0.3, 0.4) is 0 Å². The minimum atomic E-state index is -3.84. The van der Waals surface area contributed by atoms with Crippen molar-refractivity contribution >= 4 is 26.6 Å². The molecule has 0 fully saturated rings. The number of nitrogens with zero attached hydrogens (tertiary/aromatic N) is 3. The maximum Gasteiger partial charge on any atom is 0.263 e. The second-order valence-electron chi connectivity index (χ2n) is 7.86. The molecule has 9 heteroatoms. The summed E-state index contributed by atoms with van der Waals surface area (Å²) in [4.78, 5) is 12.4. The van der Waals surface area contributed by atoms with Crippen molar-refractivity contribution in [1.82, 2.24) is 15.0 Å². The topological polar surface area (TPSA) is 103 Å². The summed E-state index contributed by atoms with van der Waals surface area (Å²) in [6.45, 7) is 0. The zero-order valence-corrected chi connectivity index (χ0v) is 20.4. The summed E-state index contributed by atoms with van der Waals surface area (Å²) in [7, 11) is -0.584. The number of hydrogen-bond acceptors (Lipinski definition) is 7. The number of anilines is 1. The fourth-order valence-electron chi connectivity index (χ4n) is 4.02. The highest BCUT2D eigenvalue weighted by Crippen LogP contribution is 2.39. The lowest BCUT2D eigenvalue weighted by Gasteiger charge is -2.14. The van der Waals surface area contributed by atoms with E-state index in [0.29, 0.717) is 11.4 Å². The number of benzene rings is 3. The van der Waals surface area contributed by atoms with Crippen molar-refractivity contribution in [3.8, 4) is 33.9 Å². The molecule has 36 heavy (non-hydrogen) atoms. The molecule has 0 aliphatic rings. The maximum absolute atomic E-state index is 12.9. The third kappa shape index (κ3) is 4.44. The van der Waals surface area contributed by atoms with Gasteiger partial charge in [-0.1, -0.05) is 30.3 Å². The monoisotopic (exact) mass is 498 g/mol. The molecule has 2 heterocycles. The predicted molar refractivity (Wildman–Crippen MR) is 139 cm³/mol. The molecule has 0 radical (unpaired) electrons. The van der Waals surface area contributed by atoms with Gasteiger partial charge in [0.15, 0.2) is 0 Å². The van der Waals surface area contributed by atoms with Gasteiger partial charge in [-0.15, -0.1) is 0 Å². The summed E-state index contributed by atoms with van der Waals surface area (Å²) < 4.78 is 39.5. The largest absolute Gasteiger partial charge is 0.496 e. The van der Waals surface area contributed by atoms with Crippen molar-refractivity contribution in [2.45, 2.75) is 4.90 Å². The van der Waals surface area contributed by atoms with Crippen molar-refractivity contribution in [3.05, 3.63) is 91.5 Å². The quantitative estimate of drug-likeness (QED) is 0.330. The van der Waals surface area contributed by atoms with E-state index in [0.717, 1.165) is 33.2 Å². The van der Waals surface area contributed by atoms with Gasteiger partial charge in [0.05, 0.1) is 24.8 Å². The SMILES string of the molecule is COc1ccccc1-c1ccc(-c2nccc3cc(S(=O)(=O)Nc4ccncn4)ccc23)c(OC)c1. The molecule has 0 aliphatic carbocycles. The van der Waals surface area contributed by atoms with Crippen LogP contribution in [-0.4, -0.2) is 37.6 Å². The van der Waals surface area contributed by atoms with E-state index >= 15 is 0 Å². The van der Waals surface area contributed by atoms with Crippen LogP contribution in [0.4, 0.5) is 5.82 Å². The van der Waals surface area contributed by atoms with E-state index in [-0.39, 0.29) is 10.7 Å². The summed E-state index contributed by atoms with van der Waals surface area (Å²) in [6, 6.07) is 21.8. The Balaban J connectivity index is 1.56. The lowest BCUT2D eigenvalue weighted by Crippen LogP contribution is -2.13. The van der Waals surface area contributed by atoms with Crippen LogP contribution in [0.15, 0.2) is 96.4 Å². The van der Waals surface area contributed by atoms with Crippen LogP contribution in [0.1, 0.15) is 0 Å². The fraction of sp³-hybridized carbons (Fsp3) is 0.0741. The number of rotatable bonds is 7. The van der Waals surface area contributed by atoms with Crippen LogP contribution < -0.4 is 14.2 Å². The molecule has 0 spiro atoms. The molecule has 0 unspecified atom stereocenters. The van der Waals surface area contributed by atoms with Crippen molar-refractivity contribution in [2.75, 3.05) is 18.9 Å². The average molecular weight is 499 g/mol. The lowest BCUT2D eigenvalue weighted by molar-refractivity contribution is 0.414. The molecule has 3 aromatic carbocycles. The van der Waals surface area contributed by atoms with Crippen LogP contribution in [-0.2, 0) is 10.0 Å². The minimum Gasteiger partial charge on any atom is -0.496 e. The first-order chi connectivity index (χ1) is 17.5. The second kappa shape index (κ2) is 9.63. The molecule has 180 valence electrons. The van der Waals surface area contributed by atoms with E-state index in [1.165, 1.54) is 18.6 Å². The third-order valence-electron chi connectivity index (χ3n) is 5.74. The number of para-hydroxylation sites is 1. The molecule has 0 bridgehead atoms. The Morgan fingerprint density at radius 2 is 1.61 bits per heavy atom. The first-order valence-electron chi connectivity index (χ1n) is 11.0. The molecule has 0 saturated carbocycles. The van der Waals surface area contributed by atoms with Crippen molar-refractivity contribution in [1.29, 1.82) is 0 Å². The van der Waals surface area contributed by atoms with E-state index < -0.39 is 10.0 Å². The number of fused-ring (bicyclic) bond motifs is 1. The molecule has 0 saturated heterocycles. The van der Waals surface area contributed by atoms with Gasteiger partial charge < -0.3 is 9.47 Å². The van der Waals surface area contributed by atoms with E-state index in [2.05, 4.69) is 19.7 Å². The second-order valence-corrected chi connectivity index (χ2v) is 9.54. The van der Waals surface area contributed by atoms with E-state index in [1.54, 1.807) is 44.7 Å². The molecule has 8 nitrogen and oxygen atoms in total. The molecule has 0 atom stereocenters. The molecule has 0 aliphatic heterocycles.